The van der Waals surface area contributed by atoms with E-state index < -0.39 is 17.6 Å². The minimum Gasteiger partial charge on any atom is -0.394 e. The van der Waals surface area contributed by atoms with Crippen LogP contribution in [-0.4, -0.2) is 54.0 Å². The minimum absolute atomic E-state index is 0.00835. The topological polar surface area (TPSA) is 61.8 Å². The number of carbonyl (C=O) groups is 1. The van der Waals surface area contributed by atoms with Crippen LogP contribution in [0.2, 0.25) is 0 Å². The Hall–Kier alpha value is -1.45. The van der Waals surface area contributed by atoms with Crippen LogP contribution >= 0.6 is 11.8 Å². The number of ether oxygens (including phenoxy) is 1. The number of nitrogens with one attached hydrogen (secondary N) is 1. The average Bonchev–Trinajstić information content (AvgIpc) is 2.45. The van der Waals surface area contributed by atoms with E-state index >= 15 is 0 Å². The molecule has 0 spiro atoms. The van der Waals surface area contributed by atoms with E-state index in [1.807, 2.05) is 0 Å². The number of rotatable bonds is 3. The number of amides is 2. The molecule has 1 atom stereocenters. The molecule has 0 bridgehead atoms. The van der Waals surface area contributed by atoms with Gasteiger partial charge in [0.05, 0.1) is 25.9 Å². The summed E-state index contributed by atoms with van der Waals surface area (Å²) in [6, 6.07) is 4.58. The number of morpholine rings is 1. The smallest absolute Gasteiger partial charge is 0.394 e. The van der Waals surface area contributed by atoms with E-state index in [4.69, 9.17) is 4.74 Å². The van der Waals surface area contributed by atoms with E-state index in [2.05, 4.69) is 5.32 Å². The lowest BCUT2D eigenvalue weighted by molar-refractivity contribution is -0.0328. The zero-order chi connectivity index (χ0) is 16.2. The van der Waals surface area contributed by atoms with Gasteiger partial charge in [0.15, 0.2) is 0 Å². The fraction of sp³-hybridized carbons (Fsp3) is 0.462. The Morgan fingerprint density at radius 1 is 1.50 bits per heavy atom. The second kappa shape index (κ2) is 7.21. The van der Waals surface area contributed by atoms with Crippen LogP contribution < -0.4 is 5.32 Å². The van der Waals surface area contributed by atoms with Crippen molar-refractivity contribution in [3.05, 3.63) is 24.3 Å². The van der Waals surface area contributed by atoms with Crippen LogP contribution in [0.15, 0.2) is 29.2 Å². The molecule has 0 aromatic heterocycles. The van der Waals surface area contributed by atoms with Gasteiger partial charge in [0.2, 0.25) is 0 Å². The predicted octanol–water partition coefficient (Wildman–Crippen LogP) is 2.52. The zero-order valence-electron chi connectivity index (χ0n) is 11.5. The first-order chi connectivity index (χ1) is 10.4. The van der Waals surface area contributed by atoms with E-state index in [-0.39, 0.29) is 35.6 Å². The molecule has 1 saturated heterocycles. The van der Waals surface area contributed by atoms with Gasteiger partial charge >= 0.3 is 11.5 Å². The van der Waals surface area contributed by atoms with E-state index in [1.54, 1.807) is 0 Å². The largest absolute Gasteiger partial charge is 0.446 e. The van der Waals surface area contributed by atoms with Crippen molar-refractivity contribution >= 4 is 23.5 Å². The van der Waals surface area contributed by atoms with Gasteiger partial charge in [0.1, 0.15) is 0 Å². The highest BCUT2D eigenvalue weighted by Gasteiger charge is 2.30. The summed E-state index contributed by atoms with van der Waals surface area (Å²) in [7, 11) is 0. The molecule has 1 aromatic rings. The van der Waals surface area contributed by atoms with Crippen LogP contribution in [0, 0.1) is 0 Å². The van der Waals surface area contributed by atoms with Crippen molar-refractivity contribution in [1.29, 1.82) is 0 Å². The molecule has 0 radical (unpaired) electrons. The Morgan fingerprint density at radius 3 is 2.95 bits per heavy atom. The highest BCUT2D eigenvalue weighted by molar-refractivity contribution is 8.00. The molecule has 2 rings (SSSR count). The van der Waals surface area contributed by atoms with Crippen LogP contribution in [0.25, 0.3) is 0 Å². The van der Waals surface area contributed by atoms with E-state index in [0.29, 0.717) is 13.2 Å². The van der Waals surface area contributed by atoms with Crippen LogP contribution in [0.1, 0.15) is 0 Å². The number of thioether (sulfide) groups is 1. The fourth-order valence-electron chi connectivity index (χ4n) is 2.04. The summed E-state index contributed by atoms with van der Waals surface area (Å²) in [5, 5.41) is 11.8. The number of aliphatic hydroxyl groups is 1. The number of hydrogen-bond donors (Lipinski definition) is 2. The second-order valence-electron chi connectivity index (χ2n) is 4.61. The number of halogens is 3. The number of carbonyl (C=O) groups excluding carboxylic acids is 1. The summed E-state index contributed by atoms with van der Waals surface area (Å²) < 4.78 is 42.2. The van der Waals surface area contributed by atoms with Crippen molar-refractivity contribution < 1.29 is 27.8 Å². The Morgan fingerprint density at radius 2 is 2.27 bits per heavy atom. The minimum atomic E-state index is -4.38. The molecule has 22 heavy (non-hydrogen) atoms. The van der Waals surface area contributed by atoms with Crippen molar-refractivity contribution in [2.24, 2.45) is 0 Å². The van der Waals surface area contributed by atoms with Crippen molar-refractivity contribution in [2.75, 3.05) is 31.7 Å². The summed E-state index contributed by atoms with van der Waals surface area (Å²) in [6.07, 6.45) is 0. The molecule has 9 heteroatoms. The Bertz CT molecular complexity index is 527. The number of benzene rings is 1. The van der Waals surface area contributed by atoms with Crippen LogP contribution in [0.4, 0.5) is 23.7 Å². The van der Waals surface area contributed by atoms with Crippen molar-refractivity contribution in [1.82, 2.24) is 4.90 Å². The third kappa shape index (κ3) is 4.79. The van der Waals surface area contributed by atoms with Crippen LogP contribution in [0.3, 0.4) is 0 Å². The number of hydrogen-bond acceptors (Lipinski definition) is 4. The van der Waals surface area contributed by atoms with Gasteiger partial charge in [0, 0.05) is 17.1 Å². The van der Waals surface area contributed by atoms with E-state index in [1.165, 1.54) is 29.2 Å². The first kappa shape index (κ1) is 16.9. The second-order valence-corrected chi connectivity index (χ2v) is 5.75. The van der Waals surface area contributed by atoms with Gasteiger partial charge in [-0.05, 0) is 30.0 Å². The van der Waals surface area contributed by atoms with Gasteiger partial charge in [0.25, 0.3) is 0 Å². The third-order valence-electron chi connectivity index (χ3n) is 3.02. The predicted molar refractivity (Wildman–Crippen MR) is 75.8 cm³/mol. The number of alkyl halides is 3. The van der Waals surface area contributed by atoms with E-state index in [9.17, 15) is 23.1 Å². The summed E-state index contributed by atoms with van der Waals surface area (Å²) in [5.74, 6) is 0. The standard InChI is InChI=1S/C13H15F3N2O3S/c14-13(15,16)22-11-3-1-2-9(6-11)17-12(20)18-4-5-21-8-10(18)7-19/h1-3,6,10,19H,4-5,7-8H2,(H,17,20)/t10-/m0/s1. The number of aliphatic hydroxyl groups excluding tert-OH is 1. The van der Waals surface area contributed by atoms with Crippen molar-refractivity contribution in [2.45, 2.75) is 16.4 Å². The maximum atomic E-state index is 12.3. The summed E-state index contributed by atoms with van der Waals surface area (Å²) in [6.45, 7) is 0.660. The fourth-order valence-corrected chi connectivity index (χ4v) is 2.64. The van der Waals surface area contributed by atoms with Crippen molar-refractivity contribution in [3.63, 3.8) is 0 Å². The average molecular weight is 336 g/mol. The van der Waals surface area contributed by atoms with Gasteiger partial charge in [-0.25, -0.2) is 4.79 Å². The van der Waals surface area contributed by atoms with Gasteiger partial charge in [-0.3, -0.25) is 0 Å². The van der Waals surface area contributed by atoms with Crippen LogP contribution in [0.5, 0.6) is 0 Å². The normalized spacial score (nSPS) is 19.1. The van der Waals surface area contributed by atoms with Gasteiger partial charge < -0.3 is 20.1 Å². The summed E-state index contributed by atoms with van der Waals surface area (Å²) in [4.78, 5) is 13.6. The highest BCUT2D eigenvalue weighted by atomic mass is 32.2. The molecule has 0 aliphatic carbocycles. The SMILES string of the molecule is O=C(Nc1cccc(SC(F)(F)F)c1)N1CCOC[C@@H]1CO. The molecular weight excluding hydrogens is 321 g/mol. The van der Waals surface area contributed by atoms with Gasteiger partial charge in [-0.15, -0.1) is 0 Å². The number of urea groups is 1. The monoisotopic (exact) mass is 336 g/mol. The molecule has 1 fully saturated rings. The molecule has 5 nitrogen and oxygen atoms in total. The van der Waals surface area contributed by atoms with Gasteiger partial charge in [-0.2, -0.15) is 13.2 Å². The first-order valence-corrected chi connectivity index (χ1v) is 7.33. The summed E-state index contributed by atoms with van der Waals surface area (Å²) >= 11 is -0.242. The maximum absolute atomic E-state index is 12.3. The quantitative estimate of drug-likeness (QED) is 0.833. The molecule has 122 valence electrons. The molecule has 1 aromatic carbocycles. The molecular formula is C13H15F3N2O3S. The Balaban J connectivity index is 2.03. The van der Waals surface area contributed by atoms with Crippen molar-refractivity contribution in [3.8, 4) is 0 Å². The Kier molecular flexibility index (Phi) is 5.54. The number of anilines is 1. The molecule has 0 saturated carbocycles. The summed E-state index contributed by atoms with van der Waals surface area (Å²) in [5.41, 5.74) is -4.11. The molecule has 2 amide bonds. The molecule has 1 aliphatic rings. The zero-order valence-corrected chi connectivity index (χ0v) is 12.3. The molecule has 1 heterocycles. The lowest BCUT2D eigenvalue weighted by Crippen LogP contribution is -2.52. The third-order valence-corrected chi connectivity index (χ3v) is 3.74. The van der Waals surface area contributed by atoms with E-state index in [0.717, 1.165) is 0 Å². The molecule has 1 aliphatic heterocycles. The molecule has 2 N–H and O–H groups in total. The lowest BCUT2D eigenvalue weighted by Gasteiger charge is -2.34. The lowest BCUT2D eigenvalue weighted by atomic mass is 10.2. The maximum Gasteiger partial charge on any atom is 0.446 e. The van der Waals surface area contributed by atoms with Crippen LogP contribution in [-0.2, 0) is 4.74 Å². The Labute approximate surface area is 129 Å². The molecule has 0 unspecified atom stereocenters. The highest BCUT2D eigenvalue weighted by Crippen LogP contribution is 2.37. The number of nitrogens with zero attached hydrogens (tertiary/aromatic N) is 1. The first-order valence-electron chi connectivity index (χ1n) is 6.51. The van der Waals surface area contributed by atoms with Gasteiger partial charge in [-0.1, -0.05) is 6.07 Å².